The van der Waals surface area contributed by atoms with E-state index in [2.05, 4.69) is 47.1 Å². The second-order valence-corrected chi connectivity index (χ2v) is 8.13. The van der Waals surface area contributed by atoms with Crippen molar-refractivity contribution >= 4 is 10.9 Å². The van der Waals surface area contributed by atoms with Gasteiger partial charge in [-0.05, 0) is 48.6 Å². The summed E-state index contributed by atoms with van der Waals surface area (Å²) >= 11 is 0. The van der Waals surface area contributed by atoms with E-state index in [1.165, 1.54) is 16.5 Å². The van der Waals surface area contributed by atoms with Crippen LogP contribution in [-0.2, 0) is 13.0 Å². The van der Waals surface area contributed by atoms with Gasteiger partial charge in [-0.3, -0.25) is 9.88 Å². The molecule has 4 rings (SSSR count). The number of aliphatic hydroxyl groups is 2. The third kappa shape index (κ3) is 3.68. The van der Waals surface area contributed by atoms with Gasteiger partial charge in [-0.2, -0.15) is 0 Å². The van der Waals surface area contributed by atoms with Gasteiger partial charge in [0.05, 0.1) is 18.2 Å². The largest absolute Gasteiger partial charge is 0.396 e. The molecule has 0 unspecified atom stereocenters. The molecule has 3 aromatic rings. The van der Waals surface area contributed by atoms with Crippen LogP contribution < -0.4 is 0 Å². The van der Waals surface area contributed by atoms with E-state index in [0.29, 0.717) is 19.4 Å². The predicted octanol–water partition coefficient (Wildman–Crippen LogP) is 3.33. The van der Waals surface area contributed by atoms with Crippen molar-refractivity contribution in [2.45, 2.75) is 32.4 Å². The molecule has 1 aliphatic rings. The minimum atomic E-state index is -0.531. The van der Waals surface area contributed by atoms with E-state index in [-0.39, 0.29) is 6.61 Å². The Morgan fingerprint density at radius 3 is 2.71 bits per heavy atom. The van der Waals surface area contributed by atoms with Gasteiger partial charge in [-0.1, -0.05) is 42.5 Å². The SMILES string of the molecule is Cc1ccc2ncccc2c1CN1CC[C@H](O)[C@](CO)(Cc2ccccc2)C1. The summed E-state index contributed by atoms with van der Waals surface area (Å²) in [4.78, 5) is 6.87. The maximum Gasteiger partial charge on any atom is 0.0705 e. The molecule has 0 radical (unpaired) electrons. The number of fused-ring (bicyclic) bond motifs is 1. The summed E-state index contributed by atoms with van der Waals surface area (Å²) in [6, 6.07) is 18.5. The lowest BCUT2D eigenvalue weighted by Gasteiger charge is -2.45. The minimum absolute atomic E-state index is 0.0182. The number of benzene rings is 2. The lowest BCUT2D eigenvalue weighted by Crippen LogP contribution is -2.54. The zero-order chi connectivity index (χ0) is 19.6. The molecular formula is C24H28N2O2. The third-order valence-corrected chi connectivity index (χ3v) is 6.19. The van der Waals surface area contributed by atoms with Crippen LogP contribution in [0.1, 0.15) is 23.1 Å². The standard InChI is InChI=1S/C24H28N2O2/c1-18-9-10-22-20(8-5-12-25-22)21(18)15-26-13-11-23(28)24(16-26,17-27)14-19-6-3-2-4-7-19/h2-10,12,23,27-28H,11,13-17H2,1H3/t23-,24+/m0/s1. The van der Waals surface area contributed by atoms with Crippen molar-refractivity contribution in [2.75, 3.05) is 19.7 Å². The Morgan fingerprint density at radius 2 is 1.93 bits per heavy atom. The van der Waals surface area contributed by atoms with Crippen molar-refractivity contribution in [3.63, 3.8) is 0 Å². The summed E-state index contributed by atoms with van der Waals surface area (Å²) in [5.41, 5.74) is 4.18. The van der Waals surface area contributed by atoms with E-state index >= 15 is 0 Å². The number of aliphatic hydroxyl groups excluding tert-OH is 2. The molecule has 2 aromatic carbocycles. The van der Waals surface area contributed by atoms with Crippen LogP contribution in [0.15, 0.2) is 60.8 Å². The molecule has 1 fully saturated rings. The molecule has 0 amide bonds. The highest BCUT2D eigenvalue weighted by Gasteiger charge is 2.42. The van der Waals surface area contributed by atoms with Crippen molar-refractivity contribution in [3.05, 3.63) is 77.5 Å². The number of aryl methyl sites for hydroxylation is 1. The molecule has 1 aromatic heterocycles. The first-order valence-corrected chi connectivity index (χ1v) is 10.00. The van der Waals surface area contributed by atoms with Gasteiger partial charge >= 0.3 is 0 Å². The van der Waals surface area contributed by atoms with E-state index in [0.717, 1.165) is 24.2 Å². The zero-order valence-electron chi connectivity index (χ0n) is 16.4. The molecule has 28 heavy (non-hydrogen) atoms. The minimum Gasteiger partial charge on any atom is -0.396 e. The summed E-state index contributed by atoms with van der Waals surface area (Å²) in [5.74, 6) is 0. The highest BCUT2D eigenvalue weighted by Crippen LogP contribution is 2.35. The topological polar surface area (TPSA) is 56.6 Å². The fourth-order valence-electron chi connectivity index (χ4n) is 4.52. The number of hydrogen-bond donors (Lipinski definition) is 2. The second kappa shape index (κ2) is 8.00. The normalized spacial score (nSPS) is 23.2. The summed E-state index contributed by atoms with van der Waals surface area (Å²) in [7, 11) is 0. The van der Waals surface area contributed by atoms with Crippen molar-refractivity contribution < 1.29 is 10.2 Å². The van der Waals surface area contributed by atoms with Gasteiger partial charge in [0.15, 0.2) is 0 Å². The van der Waals surface area contributed by atoms with Crippen molar-refractivity contribution in [1.82, 2.24) is 9.88 Å². The first-order valence-electron chi connectivity index (χ1n) is 10.00. The molecule has 0 spiro atoms. The van der Waals surface area contributed by atoms with Crippen LogP contribution in [0.25, 0.3) is 10.9 Å². The predicted molar refractivity (Wildman–Crippen MR) is 112 cm³/mol. The quantitative estimate of drug-likeness (QED) is 0.717. The molecule has 2 heterocycles. The van der Waals surface area contributed by atoms with Crippen LogP contribution in [0.4, 0.5) is 0 Å². The Labute approximate surface area is 166 Å². The fraction of sp³-hybridized carbons (Fsp3) is 0.375. The number of piperidine rings is 1. The summed E-state index contributed by atoms with van der Waals surface area (Å²) < 4.78 is 0. The van der Waals surface area contributed by atoms with Gasteiger partial charge in [0.25, 0.3) is 0 Å². The van der Waals surface area contributed by atoms with Gasteiger partial charge in [0, 0.05) is 36.6 Å². The maximum atomic E-state index is 10.8. The molecule has 1 saturated heterocycles. The molecule has 0 aliphatic carbocycles. The third-order valence-electron chi connectivity index (χ3n) is 6.19. The van der Waals surface area contributed by atoms with E-state index in [1.54, 1.807) is 0 Å². The highest BCUT2D eigenvalue weighted by molar-refractivity contribution is 5.83. The molecule has 2 atom stereocenters. The van der Waals surface area contributed by atoms with Crippen LogP contribution in [0, 0.1) is 12.3 Å². The summed E-state index contributed by atoms with van der Waals surface area (Å²) in [6.45, 7) is 4.43. The second-order valence-electron chi connectivity index (χ2n) is 8.13. The number of aromatic nitrogens is 1. The van der Waals surface area contributed by atoms with Gasteiger partial charge in [-0.25, -0.2) is 0 Å². The van der Waals surface area contributed by atoms with Crippen molar-refractivity contribution in [1.29, 1.82) is 0 Å². The van der Waals surface area contributed by atoms with Gasteiger partial charge in [0.2, 0.25) is 0 Å². The number of nitrogens with zero attached hydrogens (tertiary/aromatic N) is 2. The highest BCUT2D eigenvalue weighted by atomic mass is 16.3. The van der Waals surface area contributed by atoms with Crippen LogP contribution in [0.5, 0.6) is 0 Å². The average molecular weight is 377 g/mol. The number of likely N-dealkylation sites (tertiary alicyclic amines) is 1. The molecule has 4 nitrogen and oxygen atoms in total. The number of pyridine rings is 1. The molecule has 2 N–H and O–H groups in total. The van der Waals surface area contributed by atoms with E-state index in [1.807, 2.05) is 30.5 Å². The average Bonchev–Trinajstić information content (AvgIpc) is 2.73. The maximum absolute atomic E-state index is 10.8. The lowest BCUT2D eigenvalue weighted by atomic mass is 9.73. The Bertz CT molecular complexity index is 944. The van der Waals surface area contributed by atoms with Crippen LogP contribution >= 0.6 is 0 Å². The Hall–Kier alpha value is -2.27. The summed E-state index contributed by atoms with van der Waals surface area (Å²) in [5, 5.41) is 22.3. The van der Waals surface area contributed by atoms with Gasteiger partial charge in [0.1, 0.15) is 0 Å². The van der Waals surface area contributed by atoms with Gasteiger partial charge < -0.3 is 10.2 Å². The van der Waals surface area contributed by atoms with Crippen LogP contribution in [0.3, 0.4) is 0 Å². The first-order chi connectivity index (χ1) is 13.6. The van der Waals surface area contributed by atoms with E-state index in [9.17, 15) is 10.2 Å². The van der Waals surface area contributed by atoms with Crippen LogP contribution in [0.2, 0.25) is 0 Å². The Balaban J connectivity index is 1.61. The van der Waals surface area contributed by atoms with Gasteiger partial charge in [-0.15, -0.1) is 0 Å². The van der Waals surface area contributed by atoms with E-state index < -0.39 is 11.5 Å². The molecular weight excluding hydrogens is 348 g/mol. The van der Waals surface area contributed by atoms with Crippen molar-refractivity contribution in [3.8, 4) is 0 Å². The molecule has 0 saturated carbocycles. The first kappa shape index (κ1) is 19.1. The van der Waals surface area contributed by atoms with Crippen LogP contribution in [-0.4, -0.2) is 45.9 Å². The molecule has 1 aliphatic heterocycles. The van der Waals surface area contributed by atoms with Crippen molar-refractivity contribution in [2.24, 2.45) is 5.41 Å². The Morgan fingerprint density at radius 1 is 1.11 bits per heavy atom. The molecule has 0 bridgehead atoms. The smallest absolute Gasteiger partial charge is 0.0705 e. The lowest BCUT2D eigenvalue weighted by molar-refractivity contribution is -0.0768. The Kier molecular flexibility index (Phi) is 5.44. The molecule has 4 heteroatoms. The number of rotatable bonds is 5. The monoisotopic (exact) mass is 376 g/mol. The zero-order valence-corrected chi connectivity index (χ0v) is 16.4. The fourth-order valence-corrected chi connectivity index (χ4v) is 4.52. The molecule has 146 valence electrons. The summed E-state index contributed by atoms with van der Waals surface area (Å²) in [6.07, 6.45) is 2.69. The number of hydrogen-bond acceptors (Lipinski definition) is 4. The van der Waals surface area contributed by atoms with E-state index in [4.69, 9.17) is 0 Å².